The van der Waals surface area contributed by atoms with Crippen molar-refractivity contribution in [1.82, 2.24) is 9.88 Å². The monoisotopic (exact) mass is 279 g/mol. The van der Waals surface area contributed by atoms with E-state index in [2.05, 4.69) is 17.2 Å². The summed E-state index contributed by atoms with van der Waals surface area (Å²) in [5.74, 6) is 0.720. The predicted molar refractivity (Wildman–Crippen MR) is 81.2 cm³/mol. The third-order valence-electron chi connectivity index (χ3n) is 3.28. The minimum Gasteiger partial charge on any atom is -0.383 e. The summed E-state index contributed by atoms with van der Waals surface area (Å²) in [5.41, 5.74) is 1.61. The Hall–Kier alpha value is -1.62. The van der Waals surface area contributed by atoms with Gasteiger partial charge in [0.15, 0.2) is 0 Å². The molecule has 1 N–H and O–H groups in total. The average Bonchev–Trinajstić information content (AvgIpc) is 2.45. The second-order valence-electron chi connectivity index (χ2n) is 4.95. The fourth-order valence-electron chi connectivity index (χ4n) is 1.98. The minimum atomic E-state index is -0.00852. The lowest BCUT2D eigenvalue weighted by molar-refractivity contribution is 0.0633. The fourth-order valence-corrected chi connectivity index (χ4v) is 1.98. The molecule has 0 bridgehead atoms. The maximum atomic E-state index is 12.5. The number of aromatic nitrogens is 1. The molecule has 1 rings (SSSR count). The first-order valence-electron chi connectivity index (χ1n) is 6.98. The normalized spacial score (nSPS) is 12.1. The summed E-state index contributed by atoms with van der Waals surface area (Å²) in [4.78, 5) is 18.7. The molecule has 0 radical (unpaired) electrons. The Morgan fingerprint density at radius 3 is 2.75 bits per heavy atom. The molecule has 20 heavy (non-hydrogen) atoms. The highest BCUT2D eigenvalue weighted by atomic mass is 16.5. The molecular formula is C15H25N3O2. The zero-order valence-corrected chi connectivity index (χ0v) is 13.1. The Kier molecular flexibility index (Phi) is 6.45. The van der Waals surface area contributed by atoms with E-state index in [4.69, 9.17) is 4.74 Å². The van der Waals surface area contributed by atoms with Crippen molar-refractivity contribution in [2.75, 3.05) is 33.1 Å². The van der Waals surface area contributed by atoms with Crippen LogP contribution in [0, 0.1) is 0 Å². The molecule has 1 amide bonds. The van der Waals surface area contributed by atoms with Crippen LogP contribution < -0.4 is 5.32 Å². The zero-order valence-electron chi connectivity index (χ0n) is 13.1. The number of nitrogens with one attached hydrogen (secondary N) is 1. The summed E-state index contributed by atoms with van der Waals surface area (Å²) in [5, 5.41) is 3.01. The van der Waals surface area contributed by atoms with Crippen molar-refractivity contribution in [2.24, 2.45) is 0 Å². The molecule has 0 fully saturated rings. The molecule has 112 valence electrons. The maximum Gasteiger partial charge on any atom is 0.254 e. The second-order valence-corrected chi connectivity index (χ2v) is 4.95. The van der Waals surface area contributed by atoms with Gasteiger partial charge in [-0.25, -0.2) is 4.98 Å². The van der Waals surface area contributed by atoms with Crippen molar-refractivity contribution in [2.45, 2.75) is 32.7 Å². The van der Waals surface area contributed by atoms with Crippen molar-refractivity contribution in [1.29, 1.82) is 0 Å². The van der Waals surface area contributed by atoms with E-state index in [0.29, 0.717) is 12.2 Å². The van der Waals surface area contributed by atoms with Crippen LogP contribution in [0.4, 0.5) is 5.82 Å². The van der Waals surface area contributed by atoms with Gasteiger partial charge < -0.3 is 15.0 Å². The number of pyridine rings is 1. The quantitative estimate of drug-likeness (QED) is 0.831. The van der Waals surface area contributed by atoms with Gasteiger partial charge in [0.2, 0.25) is 0 Å². The van der Waals surface area contributed by atoms with E-state index in [9.17, 15) is 4.79 Å². The molecule has 5 nitrogen and oxygen atoms in total. The zero-order chi connectivity index (χ0) is 15.1. The van der Waals surface area contributed by atoms with Gasteiger partial charge in [-0.2, -0.15) is 0 Å². The van der Waals surface area contributed by atoms with E-state index in [1.54, 1.807) is 25.1 Å². The summed E-state index contributed by atoms with van der Waals surface area (Å²) in [6, 6.07) is 3.70. The van der Waals surface area contributed by atoms with E-state index < -0.39 is 0 Å². The molecule has 0 saturated heterocycles. The lowest BCUT2D eigenvalue weighted by atomic mass is 10.1. The number of carbonyl (C=O) groups is 1. The number of amides is 1. The number of ether oxygens (including phenoxy) is 1. The molecule has 1 unspecified atom stereocenters. The highest BCUT2D eigenvalue weighted by molar-refractivity contribution is 5.95. The molecular weight excluding hydrogens is 254 g/mol. The van der Waals surface area contributed by atoms with Crippen molar-refractivity contribution in [3.05, 3.63) is 23.4 Å². The van der Waals surface area contributed by atoms with Gasteiger partial charge >= 0.3 is 0 Å². The van der Waals surface area contributed by atoms with E-state index in [1.165, 1.54) is 0 Å². The van der Waals surface area contributed by atoms with Crippen molar-refractivity contribution >= 4 is 11.7 Å². The number of hydrogen-bond donors (Lipinski definition) is 1. The van der Waals surface area contributed by atoms with Crippen LogP contribution in [-0.4, -0.2) is 49.6 Å². The number of methoxy groups -OCH3 is 1. The van der Waals surface area contributed by atoms with Crippen LogP contribution >= 0.6 is 0 Å². The number of nitrogens with zero attached hydrogens (tertiary/aromatic N) is 2. The van der Waals surface area contributed by atoms with Gasteiger partial charge in [-0.05, 0) is 25.5 Å². The minimum absolute atomic E-state index is 0.00852. The first kappa shape index (κ1) is 16.4. The number of rotatable bonds is 7. The maximum absolute atomic E-state index is 12.5. The van der Waals surface area contributed by atoms with Gasteiger partial charge in [-0.15, -0.1) is 0 Å². The molecule has 0 aliphatic rings. The molecule has 5 heteroatoms. The smallest absolute Gasteiger partial charge is 0.254 e. The molecule has 0 aliphatic carbocycles. The van der Waals surface area contributed by atoms with Crippen molar-refractivity contribution in [3.63, 3.8) is 0 Å². The third-order valence-corrected chi connectivity index (χ3v) is 3.28. The van der Waals surface area contributed by atoms with Crippen LogP contribution in [-0.2, 0) is 11.2 Å². The van der Waals surface area contributed by atoms with Gasteiger partial charge in [0.1, 0.15) is 5.82 Å². The van der Waals surface area contributed by atoms with Crippen LogP contribution in [0.15, 0.2) is 12.1 Å². The first-order valence-corrected chi connectivity index (χ1v) is 6.98. The molecule has 1 atom stereocenters. The molecule has 0 aromatic carbocycles. The van der Waals surface area contributed by atoms with E-state index in [1.807, 2.05) is 20.0 Å². The molecule has 1 aromatic heterocycles. The second kappa shape index (κ2) is 7.85. The highest BCUT2D eigenvalue weighted by Gasteiger charge is 2.18. The van der Waals surface area contributed by atoms with Crippen LogP contribution in [0.1, 0.15) is 36.3 Å². The van der Waals surface area contributed by atoms with Crippen LogP contribution in [0.3, 0.4) is 0 Å². The first-order chi connectivity index (χ1) is 9.53. The fraction of sp³-hybridized carbons (Fsp3) is 0.600. The Labute approximate surface area is 121 Å². The SMILES string of the molecule is CCCc1cc(C(=O)N(C)C(C)COC)cc(NC)n1. The van der Waals surface area contributed by atoms with Gasteiger partial charge in [0.25, 0.3) is 5.91 Å². The van der Waals surface area contributed by atoms with Crippen LogP contribution in [0.25, 0.3) is 0 Å². The van der Waals surface area contributed by atoms with Gasteiger partial charge in [0, 0.05) is 32.5 Å². The highest BCUT2D eigenvalue weighted by Crippen LogP contribution is 2.14. The molecule has 0 aliphatic heterocycles. The van der Waals surface area contributed by atoms with Crippen LogP contribution in [0.2, 0.25) is 0 Å². The molecule has 1 heterocycles. The standard InChI is InChI=1S/C15H25N3O2/c1-6-7-13-8-12(9-14(16-3)17-13)15(19)18(4)11(2)10-20-5/h8-9,11H,6-7,10H2,1-5H3,(H,16,17). The van der Waals surface area contributed by atoms with Gasteiger partial charge in [0.05, 0.1) is 12.6 Å². The Morgan fingerprint density at radius 2 is 2.20 bits per heavy atom. The van der Waals surface area contributed by atoms with E-state index in [-0.39, 0.29) is 11.9 Å². The molecule has 1 aromatic rings. The molecule has 0 spiro atoms. The Bertz CT molecular complexity index is 449. The van der Waals surface area contributed by atoms with Crippen molar-refractivity contribution in [3.8, 4) is 0 Å². The lowest BCUT2D eigenvalue weighted by Crippen LogP contribution is -2.37. The number of carbonyl (C=O) groups excluding carboxylic acids is 1. The molecule has 0 saturated carbocycles. The summed E-state index contributed by atoms with van der Waals surface area (Å²) in [6.07, 6.45) is 1.87. The third kappa shape index (κ3) is 4.20. The van der Waals surface area contributed by atoms with Crippen molar-refractivity contribution < 1.29 is 9.53 Å². The summed E-state index contributed by atoms with van der Waals surface area (Å²) in [6.45, 7) is 4.59. The number of anilines is 1. The topological polar surface area (TPSA) is 54.5 Å². The van der Waals surface area contributed by atoms with Gasteiger partial charge in [-0.1, -0.05) is 13.3 Å². The van der Waals surface area contributed by atoms with Gasteiger partial charge in [-0.3, -0.25) is 4.79 Å². The van der Waals surface area contributed by atoms with E-state index >= 15 is 0 Å². The number of aryl methyl sites for hydroxylation is 1. The number of likely N-dealkylation sites (N-methyl/N-ethyl adjacent to an activating group) is 1. The van der Waals surface area contributed by atoms with E-state index in [0.717, 1.165) is 24.4 Å². The lowest BCUT2D eigenvalue weighted by Gasteiger charge is -2.24. The Morgan fingerprint density at radius 1 is 1.50 bits per heavy atom. The summed E-state index contributed by atoms with van der Waals surface area (Å²) < 4.78 is 5.10. The van der Waals surface area contributed by atoms with Crippen LogP contribution in [0.5, 0.6) is 0 Å². The summed E-state index contributed by atoms with van der Waals surface area (Å²) in [7, 11) is 5.24. The Balaban J connectivity index is 2.99. The average molecular weight is 279 g/mol. The predicted octanol–water partition coefficient (Wildman–Crippen LogP) is 2.18. The number of hydrogen-bond acceptors (Lipinski definition) is 4. The largest absolute Gasteiger partial charge is 0.383 e. The summed E-state index contributed by atoms with van der Waals surface area (Å²) >= 11 is 0.